The Kier molecular flexibility index (Phi) is 5.66. The Bertz CT molecular complexity index is 1280. The van der Waals surface area contributed by atoms with Crippen molar-refractivity contribution in [3.63, 3.8) is 0 Å². The first kappa shape index (κ1) is 20.6. The normalized spacial score (nSPS) is 12.4. The second kappa shape index (κ2) is 8.23. The minimum Gasteiger partial charge on any atom is -0.497 e. The Labute approximate surface area is 182 Å². The van der Waals surface area contributed by atoms with Gasteiger partial charge in [-0.1, -0.05) is 24.8 Å². The number of methoxy groups -OCH3 is 1. The Morgan fingerprint density at radius 1 is 1.30 bits per heavy atom. The van der Waals surface area contributed by atoms with Crippen LogP contribution in [0.15, 0.2) is 38.6 Å². The van der Waals surface area contributed by atoms with Crippen molar-refractivity contribution < 1.29 is 9.15 Å². The number of hydrogen-bond acceptors (Lipinski definition) is 8. The molecule has 0 aliphatic carbocycles. The molecule has 0 radical (unpaired) electrons. The second-order valence-corrected chi connectivity index (χ2v) is 9.23. The molecule has 0 saturated heterocycles. The Balaban J connectivity index is 1.93. The molecular weight excluding hydrogens is 420 g/mol. The average Bonchev–Trinajstić information content (AvgIpc) is 3.31. The lowest BCUT2D eigenvalue weighted by Crippen LogP contribution is -2.22. The van der Waals surface area contributed by atoms with Crippen LogP contribution in [-0.4, -0.2) is 26.9 Å². The number of nitrogens with zero attached hydrogens (tertiary/aromatic N) is 4. The Morgan fingerprint density at radius 2 is 2.10 bits per heavy atom. The van der Waals surface area contributed by atoms with Crippen LogP contribution in [0.4, 0.5) is 0 Å². The fourth-order valence-electron chi connectivity index (χ4n) is 3.29. The van der Waals surface area contributed by atoms with Gasteiger partial charge >= 0.3 is 0 Å². The van der Waals surface area contributed by atoms with Gasteiger partial charge in [0, 0.05) is 17.9 Å². The number of rotatable bonds is 6. The van der Waals surface area contributed by atoms with Crippen LogP contribution >= 0.6 is 23.1 Å². The molecule has 1 aromatic carbocycles. The number of thiophene rings is 1. The Hall–Kier alpha value is -2.65. The molecule has 3 aromatic heterocycles. The van der Waals surface area contributed by atoms with E-state index >= 15 is 0 Å². The molecule has 3 heterocycles. The van der Waals surface area contributed by atoms with Crippen molar-refractivity contribution >= 4 is 33.3 Å². The van der Waals surface area contributed by atoms with Gasteiger partial charge in [0.1, 0.15) is 10.6 Å². The van der Waals surface area contributed by atoms with E-state index in [1.54, 1.807) is 29.9 Å². The van der Waals surface area contributed by atoms with Gasteiger partial charge in [-0.2, -0.15) is 0 Å². The van der Waals surface area contributed by atoms with E-state index in [1.807, 2.05) is 38.1 Å². The number of benzene rings is 1. The molecule has 30 heavy (non-hydrogen) atoms. The van der Waals surface area contributed by atoms with E-state index in [0.717, 1.165) is 16.8 Å². The number of thioether (sulfide) groups is 1. The topological polar surface area (TPSA) is 83.0 Å². The van der Waals surface area contributed by atoms with Crippen molar-refractivity contribution in [2.45, 2.75) is 44.5 Å². The molecule has 9 heteroatoms. The van der Waals surface area contributed by atoms with E-state index in [9.17, 15) is 4.79 Å². The van der Waals surface area contributed by atoms with Gasteiger partial charge in [0.15, 0.2) is 5.16 Å². The molecule has 1 unspecified atom stereocenters. The van der Waals surface area contributed by atoms with Crippen LogP contribution in [0.2, 0.25) is 0 Å². The van der Waals surface area contributed by atoms with Gasteiger partial charge in [-0.15, -0.1) is 21.5 Å². The molecule has 0 spiro atoms. The summed E-state index contributed by atoms with van der Waals surface area (Å²) in [7, 11) is 1.61. The summed E-state index contributed by atoms with van der Waals surface area (Å²) in [4.78, 5) is 20.5. The van der Waals surface area contributed by atoms with Crippen LogP contribution in [0.1, 0.15) is 41.3 Å². The standard InChI is InChI=1S/C21H22N4O3S2/c1-6-16-11(2)17-19(30-16)22-21(29-12(3)18-24-23-13(4)28-18)25(20(17)26)14-8-7-9-15(10-14)27-5/h7-10,12H,6H2,1-5H3. The zero-order valence-electron chi connectivity index (χ0n) is 17.4. The maximum absolute atomic E-state index is 13.6. The number of aromatic nitrogens is 4. The molecule has 0 fully saturated rings. The molecule has 0 amide bonds. The molecule has 0 bridgehead atoms. The predicted molar refractivity (Wildman–Crippen MR) is 119 cm³/mol. The third-order valence-corrected chi connectivity index (χ3v) is 7.21. The number of fused-ring (bicyclic) bond motifs is 1. The van der Waals surface area contributed by atoms with Crippen molar-refractivity contribution in [1.82, 2.24) is 19.7 Å². The van der Waals surface area contributed by atoms with Crippen molar-refractivity contribution in [2.75, 3.05) is 7.11 Å². The Morgan fingerprint density at radius 3 is 2.77 bits per heavy atom. The fraction of sp³-hybridized carbons (Fsp3) is 0.333. The van der Waals surface area contributed by atoms with Gasteiger partial charge in [-0.05, 0) is 38.0 Å². The fourth-order valence-corrected chi connectivity index (χ4v) is 5.40. The largest absolute Gasteiger partial charge is 0.497 e. The molecular formula is C21H22N4O3S2. The van der Waals surface area contributed by atoms with Gasteiger partial charge in [0.2, 0.25) is 11.8 Å². The van der Waals surface area contributed by atoms with E-state index < -0.39 is 0 Å². The van der Waals surface area contributed by atoms with E-state index in [1.165, 1.54) is 16.6 Å². The molecule has 0 N–H and O–H groups in total. The molecule has 7 nitrogen and oxygen atoms in total. The van der Waals surface area contributed by atoms with E-state index in [4.69, 9.17) is 14.1 Å². The van der Waals surface area contributed by atoms with Crippen LogP contribution in [0.5, 0.6) is 5.75 Å². The monoisotopic (exact) mass is 442 g/mol. The van der Waals surface area contributed by atoms with Crippen LogP contribution in [-0.2, 0) is 6.42 Å². The summed E-state index contributed by atoms with van der Waals surface area (Å²) >= 11 is 3.00. The van der Waals surface area contributed by atoms with Gasteiger partial charge in [0.05, 0.1) is 23.4 Å². The number of aryl methyl sites for hydroxylation is 3. The zero-order valence-corrected chi connectivity index (χ0v) is 19.1. The first-order valence-corrected chi connectivity index (χ1v) is 11.3. The molecule has 0 saturated carbocycles. The van der Waals surface area contributed by atoms with Gasteiger partial charge in [-0.3, -0.25) is 9.36 Å². The van der Waals surface area contributed by atoms with Gasteiger partial charge < -0.3 is 9.15 Å². The van der Waals surface area contributed by atoms with Gasteiger partial charge in [-0.25, -0.2) is 4.98 Å². The first-order chi connectivity index (χ1) is 14.4. The summed E-state index contributed by atoms with van der Waals surface area (Å²) in [5.41, 5.74) is 1.62. The van der Waals surface area contributed by atoms with Crippen LogP contribution < -0.4 is 10.3 Å². The minimum atomic E-state index is -0.167. The van der Waals surface area contributed by atoms with Crippen molar-refractivity contribution in [2.24, 2.45) is 0 Å². The highest BCUT2D eigenvalue weighted by atomic mass is 32.2. The molecule has 156 valence electrons. The molecule has 1 atom stereocenters. The summed E-state index contributed by atoms with van der Waals surface area (Å²) in [6.07, 6.45) is 0.867. The van der Waals surface area contributed by atoms with E-state index in [-0.39, 0.29) is 10.8 Å². The lowest BCUT2D eigenvalue weighted by Gasteiger charge is -2.15. The second-order valence-electron chi connectivity index (χ2n) is 6.84. The quantitative estimate of drug-likeness (QED) is 0.311. The SMILES string of the molecule is CCc1sc2nc(SC(C)c3nnc(C)o3)n(-c3cccc(OC)c3)c(=O)c2c1C. The van der Waals surface area contributed by atoms with Crippen molar-refractivity contribution in [1.29, 1.82) is 0 Å². The first-order valence-electron chi connectivity index (χ1n) is 9.59. The third kappa shape index (κ3) is 3.63. The van der Waals surface area contributed by atoms with E-state index in [0.29, 0.717) is 33.8 Å². The highest BCUT2D eigenvalue weighted by Gasteiger charge is 2.22. The lowest BCUT2D eigenvalue weighted by atomic mass is 10.2. The maximum Gasteiger partial charge on any atom is 0.267 e. The van der Waals surface area contributed by atoms with Crippen LogP contribution in [0.3, 0.4) is 0 Å². The maximum atomic E-state index is 13.6. The summed E-state index contributed by atoms with van der Waals surface area (Å²) in [6.45, 7) is 7.80. The minimum absolute atomic E-state index is 0.0851. The summed E-state index contributed by atoms with van der Waals surface area (Å²) in [6, 6.07) is 7.43. The van der Waals surface area contributed by atoms with Crippen LogP contribution in [0, 0.1) is 13.8 Å². The molecule has 4 aromatic rings. The highest BCUT2D eigenvalue weighted by molar-refractivity contribution is 7.99. The predicted octanol–water partition coefficient (Wildman–Crippen LogP) is 4.87. The van der Waals surface area contributed by atoms with Crippen molar-refractivity contribution in [3.05, 3.63) is 56.8 Å². The van der Waals surface area contributed by atoms with Crippen LogP contribution in [0.25, 0.3) is 15.9 Å². The number of hydrogen-bond donors (Lipinski definition) is 0. The summed E-state index contributed by atoms with van der Waals surface area (Å²) < 4.78 is 12.6. The summed E-state index contributed by atoms with van der Waals surface area (Å²) in [5.74, 6) is 1.68. The smallest absolute Gasteiger partial charge is 0.267 e. The lowest BCUT2D eigenvalue weighted by molar-refractivity contribution is 0.414. The molecule has 0 aliphatic heterocycles. The number of ether oxygens (including phenoxy) is 1. The molecule has 4 rings (SSSR count). The van der Waals surface area contributed by atoms with Gasteiger partial charge in [0.25, 0.3) is 5.56 Å². The zero-order chi connectivity index (χ0) is 21.4. The third-order valence-electron chi connectivity index (χ3n) is 4.84. The van der Waals surface area contributed by atoms with E-state index in [2.05, 4.69) is 17.1 Å². The average molecular weight is 443 g/mol. The molecule has 0 aliphatic rings. The highest BCUT2D eigenvalue weighted by Crippen LogP contribution is 2.36. The summed E-state index contributed by atoms with van der Waals surface area (Å²) in [5, 5.41) is 9.11. The van der Waals surface area contributed by atoms with Crippen molar-refractivity contribution in [3.8, 4) is 11.4 Å².